The number of rotatable bonds is 3. The molecule has 0 atom stereocenters. The van der Waals surface area contributed by atoms with E-state index in [2.05, 4.69) is 9.97 Å². The molecule has 1 saturated heterocycles. The summed E-state index contributed by atoms with van der Waals surface area (Å²) < 4.78 is 0. The molecule has 0 spiro atoms. The Kier molecular flexibility index (Phi) is 5.01. The van der Waals surface area contributed by atoms with Crippen molar-refractivity contribution in [2.24, 2.45) is 0 Å². The lowest BCUT2D eigenvalue weighted by atomic mass is 10.2. The Morgan fingerprint density at radius 3 is 2.74 bits per heavy atom. The molecule has 5 nitrogen and oxygen atoms in total. The van der Waals surface area contributed by atoms with Crippen LogP contribution in [0.1, 0.15) is 31.2 Å². The summed E-state index contributed by atoms with van der Waals surface area (Å²) in [6, 6.07) is 0. The van der Waals surface area contributed by atoms with Crippen LogP contribution in [0.2, 0.25) is 0 Å². The number of carbonyl (C=O) groups is 1. The molecule has 1 aromatic rings. The van der Waals surface area contributed by atoms with Crippen LogP contribution in [-0.4, -0.2) is 39.6 Å². The maximum absolute atomic E-state index is 12.1. The first kappa shape index (κ1) is 14.1. The maximum Gasteiger partial charge on any atom is 0.345 e. The molecule has 1 aromatic heterocycles. The van der Waals surface area contributed by atoms with Crippen LogP contribution in [-0.2, 0) is 4.79 Å². The normalized spacial score (nSPS) is 16.2. The van der Waals surface area contributed by atoms with Crippen molar-refractivity contribution in [3.63, 3.8) is 0 Å². The van der Waals surface area contributed by atoms with Crippen LogP contribution >= 0.6 is 11.8 Å². The van der Waals surface area contributed by atoms with Gasteiger partial charge in [-0.1, -0.05) is 24.6 Å². The van der Waals surface area contributed by atoms with Crippen molar-refractivity contribution in [2.75, 3.05) is 18.8 Å². The van der Waals surface area contributed by atoms with Gasteiger partial charge in [0.1, 0.15) is 0 Å². The van der Waals surface area contributed by atoms with Crippen molar-refractivity contribution in [1.29, 1.82) is 0 Å². The van der Waals surface area contributed by atoms with Gasteiger partial charge in [0.05, 0.1) is 10.8 Å². The van der Waals surface area contributed by atoms with E-state index in [1.54, 1.807) is 0 Å². The predicted molar refractivity (Wildman–Crippen MR) is 75.4 cm³/mol. The van der Waals surface area contributed by atoms with Gasteiger partial charge >= 0.3 is 5.69 Å². The fraction of sp³-hybridized carbons (Fsp3) is 0.615. The van der Waals surface area contributed by atoms with Crippen molar-refractivity contribution < 1.29 is 4.79 Å². The van der Waals surface area contributed by atoms with Crippen molar-refractivity contribution in [3.05, 3.63) is 22.2 Å². The average Bonchev–Trinajstić information content (AvgIpc) is 2.68. The molecular formula is C13H19N3O2S. The molecule has 0 saturated carbocycles. The van der Waals surface area contributed by atoms with Crippen LogP contribution in [0, 0.1) is 6.92 Å². The minimum atomic E-state index is -0.365. The number of aromatic amines is 1. The smallest absolute Gasteiger partial charge is 0.342 e. The van der Waals surface area contributed by atoms with Crippen LogP contribution in [0.3, 0.4) is 0 Å². The number of aryl methyl sites for hydroxylation is 1. The third-order valence-corrected chi connectivity index (χ3v) is 4.36. The number of nitrogens with one attached hydrogen (secondary N) is 1. The number of hydrogen-bond donors (Lipinski definition) is 1. The summed E-state index contributed by atoms with van der Waals surface area (Å²) in [5, 5.41) is 0.739. The lowest BCUT2D eigenvalue weighted by molar-refractivity contribution is -0.128. The maximum atomic E-state index is 12.1. The highest BCUT2D eigenvalue weighted by molar-refractivity contribution is 7.99. The number of H-pyrrole nitrogens is 1. The second-order valence-electron chi connectivity index (χ2n) is 4.78. The van der Waals surface area contributed by atoms with Crippen LogP contribution < -0.4 is 5.69 Å². The fourth-order valence-electron chi connectivity index (χ4n) is 2.14. The number of aromatic nitrogens is 2. The summed E-state index contributed by atoms with van der Waals surface area (Å²) in [4.78, 5) is 31.5. The molecule has 19 heavy (non-hydrogen) atoms. The van der Waals surface area contributed by atoms with Gasteiger partial charge in [-0.25, -0.2) is 9.78 Å². The van der Waals surface area contributed by atoms with E-state index >= 15 is 0 Å². The SMILES string of the molecule is Cc1cnc(=O)[nH]c1SCC(=O)N1CCCCCC1. The zero-order valence-electron chi connectivity index (χ0n) is 11.1. The Morgan fingerprint density at radius 2 is 2.05 bits per heavy atom. The first-order valence-corrected chi connectivity index (χ1v) is 7.62. The zero-order chi connectivity index (χ0) is 13.7. The molecule has 104 valence electrons. The number of thioether (sulfide) groups is 1. The molecule has 1 amide bonds. The van der Waals surface area contributed by atoms with E-state index in [1.165, 1.54) is 30.8 Å². The molecule has 0 aromatic carbocycles. The van der Waals surface area contributed by atoms with Gasteiger partial charge in [0.2, 0.25) is 5.91 Å². The Bertz CT molecular complexity index is 493. The highest BCUT2D eigenvalue weighted by Gasteiger charge is 2.16. The highest BCUT2D eigenvalue weighted by Crippen LogP contribution is 2.19. The lowest BCUT2D eigenvalue weighted by Crippen LogP contribution is -2.33. The summed E-state index contributed by atoms with van der Waals surface area (Å²) >= 11 is 1.38. The number of likely N-dealkylation sites (tertiary alicyclic amines) is 1. The Hall–Kier alpha value is -1.30. The van der Waals surface area contributed by atoms with E-state index in [4.69, 9.17) is 0 Å². The average molecular weight is 281 g/mol. The molecule has 2 heterocycles. The van der Waals surface area contributed by atoms with E-state index in [1.807, 2.05) is 11.8 Å². The second-order valence-corrected chi connectivity index (χ2v) is 5.77. The largest absolute Gasteiger partial charge is 0.345 e. The molecular weight excluding hydrogens is 262 g/mol. The van der Waals surface area contributed by atoms with Crippen molar-refractivity contribution in [2.45, 2.75) is 37.6 Å². The molecule has 0 aliphatic carbocycles. The summed E-state index contributed by atoms with van der Waals surface area (Å²) in [5.74, 6) is 0.532. The van der Waals surface area contributed by atoms with Gasteiger partial charge in [-0.3, -0.25) is 4.79 Å². The van der Waals surface area contributed by atoms with Gasteiger partial charge in [0, 0.05) is 19.3 Å². The summed E-state index contributed by atoms with van der Waals surface area (Å²) in [6.45, 7) is 3.61. The van der Waals surface area contributed by atoms with Gasteiger partial charge in [-0.05, 0) is 25.3 Å². The van der Waals surface area contributed by atoms with Crippen LogP contribution in [0.4, 0.5) is 0 Å². The monoisotopic (exact) mass is 281 g/mol. The highest BCUT2D eigenvalue weighted by atomic mass is 32.2. The minimum Gasteiger partial charge on any atom is -0.342 e. The van der Waals surface area contributed by atoms with Gasteiger partial charge < -0.3 is 9.88 Å². The number of carbonyl (C=O) groups excluding carboxylic acids is 1. The standard InChI is InChI=1S/C13H19N3O2S/c1-10-8-14-13(18)15-12(10)19-9-11(17)16-6-4-2-3-5-7-16/h8H,2-7,9H2,1H3,(H,14,15,18). The number of nitrogens with zero attached hydrogens (tertiary/aromatic N) is 2. The third-order valence-electron chi connectivity index (χ3n) is 3.25. The number of amides is 1. The molecule has 1 N–H and O–H groups in total. The Balaban J connectivity index is 1.92. The Labute approximate surface area is 116 Å². The summed E-state index contributed by atoms with van der Waals surface area (Å²) in [5.41, 5.74) is 0.531. The fourth-order valence-corrected chi connectivity index (χ4v) is 3.03. The molecule has 2 rings (SSSR count). The first-order chi connectivity index (χ1) is 9.16. The molecule has 1 aliphatic heterocycles. The topological polar surface area (TPSA) is 66.1 Å². The second kappa shape index (κ2) is 6.75. The molecule has 0 radical (unpaired) electrons. The van der Waals surface area contributed by atoms with E-state index in [0.29, 0.717) is 5.75 Å². The predicted octanol–water partition coefficient (Wildman–Crippen LogP) is 1.57. The van der Waals surface area contributed by atoms with Crippen molar-refractivity contribution in [1.82, 2.24) is 14.9 Å². The van der Waals surface area contributed by atoms with Gasteiger partial charge in [-0.15, -0.1) is 0 Å². The zero-order valence-corrected chi connectivity index (χ0v) is 12.0. The third kappa shape index (κ3) is 4.09. The van der Waals surface area contributed by atoms with Crippen molar-refractivity contribution in [3.8, 4) is 0 Å². The van der Waals surface area contributed by atoms with E-state index in [0.717, 1.165) is 36.5 Å². The van der Waals surface area contributed by atoms with E-state index in [9.17, 15) is 9.59 Å². The first-order valence-electron chi connectivity index (χ1n) is 6.63. The molecule has 0 unspecified atom stereocenters. The lowest BCUT2D eigenvalue weighted by Gasteiger charge is -2.20. The van der Waals surface area contributed by atoms with Gasteiger partial charge in [0.25, 0.3) is 0 Å². The summed E-state index contributed by atoms with van der Waals surface area (Å²) in [6.07, 6.45) is 6.17. The van der Waals surface area contributed by atoms with Crippen LogP contribution in [0.25, 0.3) is 0 Å². The van der Waals surface area contributed by atoms with Crippen LogP contribution in [0.15, 0.2) is 16.0 Å². The molecule has 1 fully saturated rings. The molecule has 1 aliphatic rings. The van der Waals surface area contributed by atoms with Crippen molar-refractivity contribution >= 4 is 17.7 Å². The van der Waals surface area contributed by atoms with E-state index in [-0.39, 0.29) is 11.6 Å². The van der Waals surface area contributed by atoms with E-state index < -0.39 is 0 Å². The van der Waals surface area contributed by atoms with Crippen LogP contribution in [0.5, 0.6) is 0 Å². The molecule has 0 bridgehead atoms. The minimum absolute atomic E-state index is 0.156. The quantitative estimate of drug-likeness (QED) is 0.674. The number of hydrogen-bond acceptors (Lipinski definition) is 4. The molecule has 6 heteroatoms. The van der Waals surface area contributed by atoms with Gasteiger partial charge in [0.15, 0.2) is 0 Å². The summed E-state index contributed by atoms with van der Waals surface area (Å²) in [7, 11) is 0. The van der Waals surface area contributed by atoms with Gasteiger partial charge in [-0.2, -0.15) is 0 Å². The Morgan fingerprint density at radius 1 is 1.37 bits per heavy atom.